The maximum absolute atomic E-state index is 13.9. The lowest BCUT2D eigenvalue weighted by Gasteiger charge is -2.63. The number of aliphatic hydroxyl groups excluding tert-OH is 3. The second kappa shape index (κ2) is 27.1. The van der Waals surface area contributed by atoms with E-state index in [9.17, 15) is 74.4 Å². The van der Waals surface area contributed by atoms with Crippen LogP contribution in [0.5, 0.6) is 0 Å². The molecule has 73 heavy (non-hydrogen) atoms. The largest absolute Gasteiger partial charge is 0.480 e. The Labute approximate surface area is 427 Å². The number of unbranched alkanes of at least 4 members (excludes halogenated alkanes) is 1. The molecule has 0 saturated heterocycles. The number of carboxylic acid groups (broad SMARTS) is 5. The van der Waals surface area contributed by atoms with Gasteiger partial charge in [-0.3, -0.25) is 43.5 Å². The van der Waals surface area contributed by atoms with Crippen LogP contribution in [-0.2, 0) is 44.9 Å². The number of benzene rings is 1. The number of aliphatic hydroxyl groups is 3. The molecular formula is C52H81N5O16. The van der Waals surface area contributed by atoms with E-state index in [0.29, 0.717) is 38.5 Å². The number of carbonyl (C=O) groups is 7. The van der Waals surface area contributed by atoms with Gasteiger partial charge in [-0.15, -0.1) is 0 Å². The summed E-state index contributed by atoms with van der Waals surface area (Å²) in [5, 5.41) is 87.6. The van der Waals surface area contributed by atoms with Gasteiger partial charge in [-0.25, -0.2) is 4.79 Å². The van der Waals surface area contributed by atoms with Crippen LogP contribution < -0.4 is 10.6 Å². The number of ether oxygens (including phenoxy) is 1. The van der Waals surface area contributed by atoms with E-state index in [1.54, 1.807) is 12.1 Å². The molecule has 0 radical (unpaired) electrons. The molecule has 1 aromatic carbocycles. The fourth-order valence-corrected chi connectivity index (χ4v) is 13.4. The van der Waals surface area contributed by atoms with Crippen molar-refractivity contribution >= 4 is 41.7 Å². The Morgan fingerprint density at radius 1 is 0.740 bits per heavy atom. The maximum Gasteiger partial charge on any atom is 0.326 e. The van der Waals surface area contributed by atoms with Gasteiger partial charge >= 0.3 is 29.8 Å². The van der Waals surface area contributed by atoms with Crippen LogP contribution >= 0.6 is 0 Å². The average molecular weight is 1030 g/mol. The van der Waals surface area contributed by atoms with Crippen LogP contribution in [0.25, 0.3) is 0 Å². The highest BCUT2D eigenvalue weighted by atomic mass is 16.5. The number of hydrogen-bond donors (Lipinski definition) is 10. The highest BCUT2D eigenvalue weighted by molar-refractivity contribution is 5.84. The molecule has 21 heteroatoms. The topological polar surface area (TPSA) is 324 Å². The summed E-state index contributed by atoms with van der Waals surface area (Å²) in [5.74, 6) is -6.57. The second-order valence-electron chi connectivity index (χ2n) is 21.8. The van der Waals surface area contributed by atoms with E-state index < -0.39 is 97.5 Å². The lowest BCUT2D eigenvalue weighted by molar-refractivity contribution is -0.207. The van der Waals surface area contributed by atoms with E-state index in [4.69, 9.17) is 4.74 Å². The smallest absolute Gasteiger partial charge is 0.326 e. The van der Waals surface area contributed by atoms with Crippen LogP contribution in [0.1, 0.15) is 103 Å². The fourth-order valence-electron chi connectivity index (χ4n) is 13.4. The normalized spacial score (nSPS) is 28.8. The monoisotopic (exact) mass is 1030 g/mol. The summed E-state index contributed by atoms with van der Waals surface area (Å²) in [7, 11) is 0. The molecule has 4 saturated carbocycles. The lowest BCUT2D eigenvalue weighted by atomic mass is 9.43. The summed E-state index contributed by atoms with van der Waals surface area (Å²) >= 11 is 0. The Kier molecular flexibility index (Phi) is 22.0. The molecule has 13 atom stereocenters. The predicted molar refractivity (Wildman–Crippen MR) is 264 cm³/mol. The van der Waals surface area contributed by atoms with Gasteiger partial charge in [0.25, 0.3) is 0 Å². The number of amides is 2. The number of fused-ring (bicyclic) bond motifs is 5. The Morgan fingerprint density at radius 3 is 2.01 bits per heavy atom. The first-order valence-corrected chi connectivity index (χ1v) is 26.0. The zero-order valence-corrected chi connectivity index (χ0v) is 42.7. The summed E-state index contributed by atoms with van der Waals surface area (Å²) in [5.41, 5.74) is 0.302. The molecule has 2 amide bonds. The van der Waals surface area contributed by atoms with Crippen LogP contribution in [0.15, 0.2) is 30.3 Å². The number of aliphatic carboxylic acids is 5. The summed E-state index contributed by atoms with van der Waals surface area (Å²) in [6, 6.07) is 6.66. The quantitative estimate of drug-likeness (QED) is 0.0476. The number of carboxylic acids is 5. The minimum atomic E-state index is -1.28. The Balaban J connectivity index is 1.13. The van der Waals surface area contributed by atoms with Crippen molar-refractivity contribution in [2.75, 3.05) is 65.5 Å². The minimum Gasteiger partial charge on any atom is -0.480 e. The first-order chi connectivity index (χ1) is 34.5. The third kappa shape index (κ3) is 16.1. The van der Waals surface area contributed by atoms with Gasteiger partial charge in [0.1, 0.15) is 12.1 Å². The molecule has 0 bridgehead atoms. The van der Waals surface area contributed by atoms with E-state index >= 15 is 0 Å². The van der Waals surface area contributed by atoms with Crippen molar-refractivity contribution in [3.8, 4) is 0 Å². The standard InChI is InChI=1S/C52H81N5O16/c1-32(36-13-14-37-48-38(25-42(60)52(36,37)3)51(2)17-16-35(58)23-34(51)24-41(48)59)12-15-43(61)54-39(50(71)72)11-7-8-18-53-49(70)40(31-73-30-33-9-5-4-6-10-33)57(29-47(68)69)22-21-55(26-44(62)63)19-20-56(27-45(64)65)28-46(66)67/h4-6,9-10,32,34-42,48,58-60H,7-8,11-31H2,1-3H3,(H,53,70)(H,54,61)(H,62,63)(H,64,65)(H,66,67)(H,68,69)(H,71,72)/t32?,34-,35+,36+,37?,38?,39?,40?,41?,42-,48?,51-,52+/m0/s1. The van der Waals surface area contributed by atoms with Crippen molar-refractivity contribution in [3.05, 3.63) is 35.9 Å². The number of hydrogen-bond acceptors (Lipinski definition) is 14. The Bertz CT molecular complexity index is 2020. The number of rotatable bonds is 31. The van der Waals surface area contributed by atoms with E-state index in [2.05, 4.69) is 31.4 Å². The lowest BCUT2D eigenvalue weighted by Crippen LogP contribution is -2.62. The van der Waals surface area contributed by atoms with E-state index in [0.717, 1.165) is 36.1 Å². The molecule has 410 valence electrons. The molecule has 4 fully saturated rings. The van der Waals surface area contributed by atoms with Crippen LogP contribution in [-0.4, -0.2) is 193 Å². The van der Waals surface area contributed by atoms with Crippen molar-refractivity contribution in [1.29, 1.82) is 0 Å². The van der Waals surface area contributed by atoms with Crippen LogP contribution in [0.3, 0.4) is 0 Å². The van der Waals surface area contributed by atoms with E-state index in [1.165, 1.54) is 9.80 Å². The molecule has 0 aliphatic heterocycles. The third-order valence-corrected chi connectivity index (χ3v) is 17.2. The molecule has 4 aliphatic carbocycles. The molecule has 10 N–H and O–H groups in total. The van der Waals surface area contributed by atoms with Crippen LogP contribution in [0.2, 0.25) is 0 Å². The number of nitrogens with one attached hydrogen (secondary N) is 2. The predicted octanol–water partition coefficient (Wildman–Crippen LogP) is 2.05. The van der Waals surface area contributed by atoms with Crippen molar-refractivity contribution in [2.45, 2.75) is 135 Å². The minimum absolute atomic E-state index is 0.0427. The van der Waals surface area contributed by atoms with E-state index in [1.807, 2.05) is 18.2 Å². The van der Waals surface area contributed by atoms with Gasteiger partial charge in [0, 0.05) is 39.1 Å². The highest BCUT2D eigenvalue weighted by Gasteiger charge is 2.65. The van der Waals surface area contributed by atoms with Gasteiger partial charge in [0.15, 0.2) is 0 Å². The zero-order chi connectivity index (χ0) is 53.6. The molecule has 0 aromatic heterocycles. The van der Waals surface area contributed by atoms with Gasteiger partial charge in [-0.1, -0.05) is 51.1 Å². The van der Waals surface area contributed by atoms with Gasteiger partial charge in [-0.2, -0.15) is 0 Å². The second-order valence-corrected chi connectivity index (χ2v) is 21.8. The molecule has 0 heterocycles. The van der Waals surface area contributed by atoms with Crippen molar-refractivity contribution in [1.82, 2.24) is 25.3 Å². The maximum atomic E-state index is 13.9. The molecule has 21 nitrogen and oxygen atoms in total. The van der Waals surface area contributed by atoms with Crippen molar-refractivity contribution in [2.24, 2.45) is 46.3 Å². The molecule has 5 rings (SSSR count). The highest BCUT2D eigenvalue weighted by Crippen LogP contribution is 2.68. The first-order valence-electron chi connectivity index (χ1n) is 26.0. The fraction of sp³-hybridized carbons (Fsp3) is 0.750. The van der Waals surface area contributed by atoms with Gasteiger partial charge in [-0.05, 0) is 123 Å². The molecule has 4 aliphatic rings. The van der Waals surface area contributed by atoms with Crippen molar-refractivity contribution < 1.29 is 79.2 Å². The molecule has 0 spiro atoms. The van der Waals surface area contributed by atoms with Gasteiger partial charge < -0.3 is 56.2 Å². The molecular weight excluding hydrogens is 951 g/mol. The van der Waals surface area contributed by atoms with Gasteiger partial charge in [0.05, 0.1) is 57.7 Å². The summed E-state index contributed by atoms with van der Waals surface area (Å²) in [4.78, 5) is 89.9. The number of nitrogens with zero attached hydrogens (tertiary/aromatic N) is 3. The first kappa shape index (κ1) is 59.1. The van der Waals surface area contributed by atoms with E-state index in [-0.39, 0.29) is 106 Å². The third-order valence-electron chi connectivity index (χ3n) is 17.2. The van der Waals surface area contributed by atoms with Crippen molar-refractivity contribution in [3.63, 3.8) is 0 Å². The Morgan fingerprint density at radius 2 is 1.37 bits per heavy atom. The van der Waals surface area contributed by atoms with Crippen LogP contribution in [0, 0.1) is 46.3 Å². The summed E-state index contributed by atoms with van der Waals surface area (Å²) < 4.78 is 5.90. The molecule has 1 aromatic rings. The number of carbonyl (C=O) groups excluding carboxylic acids is 2. The van der Waals surface area contributed by atoms with Gasteiger partial charge in [0.2, 0.25) is 11.8 Å². The summed E-state index contributed by atoms with van der Waals surface area (Å²) in [6.45, 7) is 3.57. The average Bonchev–Trinajstić information content (AvgIpc) is 3.68. The SMILES string of the molecule is CC(CCC(=O)NC(CCCCNC(=O)C(COCc1ccccc1)N(CCN(CCN(CC(=O)O)CC(=O)O)CC(=O)O)CC(=O)O)C(=O)O)[C@H]1CCC2C3C(O)C[C@@H]4C[C@H](O)CC[C@]4(C)C3C[C@H](O)[C@@]21C. The molecule has 7 unspecified atom stereocenters. The zero-order valence-electron chi connectivity index (χ0n) is 42.7. The summed E-state index contributed by atoms with van der Waals surface area (Å²) in [6.07, 6.45) is 5.15. The Hall–Kier alpha value is -4.77. The van der Waals surface area contributed by atoms with Crippen LogP contribution in [0.4, 0.5) is 0 Å².